The number of carbonyl (C=O) groups excluding carboxylic acids is 1. The van der Waals surface area contributed by atoms with Crippen LogP contribution in [-0.4, -0.2) is 57.8 Å². The van der Waals surface area contributed by atoms with E-state index in [0.29, 0.717) is 25.5 Å². The summed E-state index contributed by atoms with van der Waals surface area (Å²) >= 11 is 0. The van der Waals surface area contributed by atoms with Crippen molar-refractivity contribution in [2.45, 2.75) is 51.2 Å². The number of rotatable bonds is 7. The van der Waals surface area contributed by atoms with Gasteiger partial charge in [-0.15, -0.1) is 0 Å². The summed E-state index contributed by atoms with van der Waals surface area (Å²) in [6.45, 7) is 5.96. The van der Waals surface area contributed by atoms with Crippen molar-refractivity contribution in [2.75, 3.05) is 26.2 Å². The molecular weight excluding hydrogens is 320 g/mol. The third-order valence-electron chi connectivity index (χ3n) is 4.87. The Bertz CT molecular complexity index is 650. The van der Waals surface area contributed by atoms with E-state index >= 15 is 0 Å². The van der Waals surface area contributed by atoms with Crippen LogP contribution < -0.4 is 5.32 Å². The predicted molar refractivity (Wildman–Crippen MR) is 90.4 cm³/mol. The summed E-state index contributed by atoms with van der Waals surface area (Å²) in [5.74, 6) is 1.68. The van der Waals surface area contributed by atoms with E-state index in [1.807, 2.05) is 11.8 Å². The molecule has 136 valence electrons. The summed E-state index contributed by atoms with van der Waals surface area (Å²) in [7, 11) is 0. The van der Waals surface area contributed by atoms with Gasteiger partial charge in [-0.05, 0) is 32.1 Å². The van der Waals surface area contributed by atoms with Gasteiger partial charge in [-0.3, -0.25) is 14.8 Å². The summed E-state index contributed by atoms with van der Waals surface area (Å²) in [4.78, 5) is 18.9. The number of nitrogens with zero attached hydrogens (tertiary/aromatic N) is 4. The Morgan fingerprint density at radius 3 is 3.04 bits per heavy atom. The highest BCUT2D eigenvalue weighted by molar-refractivity contribution is 5.79. The first kappa shape index (κ1) is 17.8. The average molecular weight is 346 g/mol. The number of H-pyrrole nitrogens is 1. The summed E-state index contributed by atoms with van der Waals surface area (Å²) in [5, 5.41) is 19.5. The van der Waals surface area contributed by atoms with Crippen LogP contribution >= 0.6 is 0 Å². The van der Waals surface area contributed by atoms with Gasteiger partial charge in [-0.2, -0.15) is 10.4 Å². The molecular formula is C17H26N6O2. The van der Waals surface area contributed by atoms with Gasteiger partial charge in [0.25, 0.3) is 0 Å². The fourth-order valence-electron chi connectivity index (χ4n) is 3.22. The van der Waals surface area contributed by atoms with Crippen LogP contribution in [0.2, 0.25) is 0 Å². The summed E-state index contributed by atoms with van der Waals surface area (Å²) in [5.41, 5.74) is -0.748. The first-order valence-corrected chi connectivity index (χ1v) is 9.01. The normalized spacial score (nSPS) is 23.6. The molecule has 2 unspecified atom stereocenters. The predicted octanol–water partition coefficient (Wildman–Crippen LogP) is 0.939. The van der Waals surface area contributed by atoms with E-state index in [0.717, 1.165) is 31.5 Å². The molecule has 2 heterocycles. The molecule has 1 aliphatic heterocycles. The number of hydrogen-bond acceptors (Lipinski definition) is 6. The Morgan fingerprint density at radius 1 is 1.56 bits per heavy atom. The highest BCUT2D eigenvalue weighted by atomic mass is 16.5. The Hall–Kier alpha value is -1.98. The Labute approximate surface area is 147 Å². The molecule has 1 aromatic heterocycles. The number of nitriles is 1. The number of aromatic nitrogens is 3. The fraction of sp³-hybridized carbons (Fsp3) is 0.765. The monoisotopic (exact) mass is 346 g/mol. The molecule has 3 rings (SSSR count). The molecule has 0 bridgehead atoms. The SMILES string of the molecule is CCCc1nc(C2CN(CC(=O)NC(C)(C#N)C3CC3)CCO2)n[nH]1. The van der Waals surface area contributed by atoms with E-state index in [4.69, 9.17) is 4.74 Å². The maximum absolute atomic E-state index is 12.4. The molecule has 1 aliphatic carbocycles. The molecule has 1 saturated carbocycles. The van der Waals surface area contributed by atoms with E-state index < -0.39 is 5.54 Å². The zero-order valence-corrected chi connectivity index (χ0v) is 14.9. The van der Waals surface area contributed by atoms with Gasteiger partial charge in [0.05, 0.1) is 19.2 Å². The van der Waals surface area contributed by atoms with Gasteiger partial charge < -0.3 is 10.1 Å². The lowest BCUT2D eigenvalue weighted by molar-refractivity contribution is -0.125. The molecule has 8 nitrogen and oxygen atoms in total. The lowest BCUT2D eigenvalue weighted by atomic mass is 9.98. The molecule has 2 N–H and O–H groups in total. The molecule has 0 aromatic carbocycles. The number of nitrogens with one attached hydrogen (secondary N) is 2. The molecule has 25 heavy (non-hydrogen) atoms. The second kappa shape index (κ2) is 7.50. The zero-order chi connectivity index (χ0) is 17.9. The van der Waals surface area contributed by atoms with Crippen molar-refractivity contribution >= 4 is 5.91 Å². The van der Waals surface area contributed by atoms with Gasteiger partial charge in [0.15, 0.2) is 5.82 Å². The number of aromatic amines is 1. The second-order valence-corrected chi connectivity index (χ2v) is 7.12. The highest BCUT2D eigenvalue weighted by Crippen LogP contribution is 2.39. The standard InChI is InChI=1S/C17H26N6O2/c1-3-4-14-19-16(22-21-14)13-9-23(7-8-25-13)10-15(24)20-17(2,11-18)12-5-6-12/h12-13H,3-10H2,1-2H3,(H,20,24)(H,19,21,22). The van der Waals surface area contributed by atoms with Crippen molar-refractivity contribution in [2.24, 2.45) is 5.92 Å². The van der Waals surface area contributed by atoms with Gasteiger partial charge in [0, 0.05) is 19.5 Å². The first-order chi connectivity index (χ1) is 12.0. The Kier molecular flexibility index (Phi) is 5.35. The van der Waals surface area contributed by atoms with Crippen molar-refractivity contribution in [1.82, 2.24) is 25.4 Å². The average Bonchev–Trinajstić information content (AvgIpc) is 3.36. The second-order valence-electron chi connectivity index (χ2n) is 7.12. The van der Waals surface area contributed by atoms with Crippen LogP contribution in [0.3, 0.4) is 0 Å². The third kappa shape index (κ3) is 4.35. The van der Waals surface area contributed by atoms with Gasteiger partial charge in [0.1, 0.15) is 17.5 Å². The van der Waals surface area contributed by atoms with Gasteiger partial charge in [-0.1, -0.05) is 6.92 Å². The van der Waals surface area contributed by atoms with E-state index in [1.54, 1.807) is 0 Å². The lowest BCUT2D eigenvalue weighted by Crippen LogP contribution is -2.51. The fourth-order valence-corrected chi connectivity index (χ4v) is 3.22. The Balaban J connectivity index is 1.54. The van der Waals surface area contributed by atoms with E-state index in [9.17, 15) is 10.1 Å². The number of morpholine rings is 1. The minimum absolute atomic E-state index is 0.113. The smallest absolute Gasteiger partial charge is 0.235 e. The quantitative estimate of drug-likeness (QED) is 0.761. The highest BCUT2D eigenvalue weighted by Gasteiger charge is 2.43. The molecule has 0 radical (unpaired) electrons. The van der Waals surface area contributed by atoms with E-state index in [2.05, 4.69) is 33.5 Å². The van der Waals surface area contributed by atoms with Crippen LogP contribution in [0, 0.1) is 17.2 Å². The van der Waals surface area contributed by atoms with Crippen LogP contribution in [0.15, 0.2) is 0 Å². The van der Waals surface area contributed by atoms with E-state index in [1.165, 1.54) is 0 Å². The van der Waals surface area contributed by atoms with Crippen molar-refractivity contribution in [3.63, 3.8) is 0 Å². The summed E-state index contributed by atoms with van der Waals surface area (Å²) in [6, 6.07) is 2.26. The van der Waals surface area contributed by atoms with Gasteiger partial charge >= 0.3 is 0 Å². The Morgan fingerprint density at radius 2 is 2.36 bits per heavy atom. The molecule has 1 amide bonds. The number of ether oxygens (including phenoxy) is 1. The zero-order valence-electron chi connectivity index (χ0n) is 14.9. The molecule has 2 atom stereocenters. The molecule has 2 fully saturated rings. The largest absolute Gasteiger partial charge is 0.367 e. The van der Waals surface area contributed by atoms with Crippen LogP contribution in [0.4, 0.5) is 0 Å². The molecule has 0 spiro atoms. The van der Waals surface area contributed by atoms with Crippen LogP contribution in [0.1, 0.15) is 50.9 Å². The number of aryl methyl sites for hydroxylation is 1. The minimum atomic E-state index is -0.748. The van der Waals surface area contributed by atoms with Crippen LogP contribution in [-0.2, 0) is 16.0 Å². The van der Waals surface area contributed by atoms with Gasteiger partial charge in [0.2, 0.25) is 5.91 Å². The molecule has 1 saturated heterocycles. The van der Waals surface area contributed by atoms with Crippen molar-refractivity contribution in [3.05, 3.63) is 11.6 Å². The van der Waals surface area contributed by atoms with Crippen molar-refractivity contribution in [3.8, 4) is 6.07 Å². The number of amides is 1. The van der Waals surface area contributed by atoms with Crippen molar-refractivity contribution < 1.29 is 9.53 Å². The first-order valence-electron chi connectivity index (χ1n) is 9.01. The molecule has 2 aliphatic rings. The molecule has 1 aromatic rings. The molecule has 8 heteroatoms. The van der Waals surface area contributed by atoms with Crippen LogP contribution in [0.5, 0.6) is 0 Å². The lowest BCUT2D eigenvalue weighted by Gasteiger charge is -2.32. The minimum Gasteiger partial charge on any atom is -0.367 e. The topological polar surface area (TPSA) is 107 Å². The number of carbonyl (C=O) groups is 1. The summed E-state index contributed by atoms with van der Waals surface area (Å²) < 4.78 is 5.77. The van der Waals surface area contributed by atoms with Crippen LogP contribution in [0.25, 0.3) is 0 Å². The van der Waals surface area contributed by atoms with Crippen molar-refractivity contribution in [1.29, 1.82) is 5.26 Å². The maximum Gasteiger partial charge on any atom is 0.235 e. The third-order valence-corrected chi connectivity index (χ3v) is 4.87. The van der Waals surface area contributed by atoms with E-state index in [-0.39, 0.29) is 24.5 Å². The maximum atomic E-state index is 12.4. The number of hydrogen-bond donors (Lipinski definition) is 2. The summed E-state index contributed by atoms with van der Waals surface area (Å²) in [6.07, 6.45) is 3.66. The van der Waals surface area contributed by atoms with Gasteiger partial charge in [-0.25, -0.2) is 4.98 Å².